The molecule has 4 heterocycles. The van der Waals surface area contributed by atoms with Gasteiger partial charge in [0.2, 0.25) is 0 Å². The van der Waals surface area contributed by atoms with E-state index in [9.17, 15) is 22.8 Å². The van der Waals surface area contributed by atoms with Gasteiger partial charge in [0.25, 0.3) is 11.8 Å². The Bertz CT molecular complexity index is 1500. The number of imidazole rings is 1. The molecule has 12 heteroatoms. The molecule has 4 aromatic rings. The van der Waals surface area contributed by atoms with Crippen molar-refractivity contribution in [1.29, 1.82) is 0 Å². The molecule has 3 aromatic heterocycles. The van der Waals surface area contributed by atoms with E-state index < -0.39 is 17.6 Å². The first-order valence-corrected chi connectivity index (χ1v) is 12.6. The summed E-state index contributed by atoms with van der Waals surface area (Å²) in [5.41, 5.74) is 1.33. The lowest BCUT2D eigenvalue weighted by Crippen LogP contribution is -2.36. The van der Waals surface area contributed by atoms with Crippen LogP contribution in [0.25, 0.3) is 5.65 Å². The number of methoxy groups -OCH3 is 1. The van der Waals surface area contributed by atoms with Crippen molar-refractivity contribution in [1.82, 2.24) is 14.3 Å². The normalized spacial score (nSPS) is 13.4. The molecule has 5 rings (SSSR count). The summed E-state index contributed by atoms with van der Waals surface area (Å²) in [4.78, 5) is 33.0. The van der Waals surface area contributed by atoms with E-state index in [-0.39, 0.29) is 30.6 Å². The number of hydrogen-bond donors (Lipinski definition) is 1. The topological polar surface area (TPSA) is 85.2 Å². The third-order valence-corrected chi connectivity index (χ3v) is 7.22. The number of alkyl halides is 3. The molecular formula is C26H23F3N4O4S. The van der Waals surface area contributed by atoms with Crippen molar-refractivity contribution in [2.24, 2.45) is 0 Å². The molecule has 0 unspecified atom stereocenters. The van der Waals surface area contributed by atoms with Crippen LogP contribution in [0.15, 0.2) is 54.2 Å². The molecule has 1 aromatic carbocycles. The van der Waals surface area contributed by atoms with E-state index in [1.54, 1.807) is 27.1 Å². The summed E-state index contributed by atoms with van der Waals surface area (Å²) >= 11 is 1.34. The van der Waals surface area contributed by atoms with Crippen LogP contribution in [0.1, 0.15) is 36.9 Å². The van der Waals surface area contributed by atoms with E-state index in [2.05, 4.69) is 10.3 Å². The Morgan fingerprint density at radius 2 is 2.03 bits per heavy atom. The molecule has 0 fully saturated rings. The third-order valence-electron chi connectivity index (χ3n) is 6.20. The summed E-state index contributed by atoms with van der Waals surface area (Å²) in [6.45, 7) is 0.830. The first kappa shape index (κ1) is 25.7. The molecule has 198 valence electrons. The van der Waals surface area contributed by atoms with Crippen LogP contribution in [-0.4, -0.2) is 53.0 Å². The standard InChI is InChI=1S/C26H23F3N4O4S/c1-36-10-11-37-21-6-5-16(12-19(21)26(27,28)29)31-24(34)18-15-38-22-14-32(9-7-17(18)22)25(35)20-13-30-23-4-2-3-8-33(20)23/h2-6,8,12-13,15H,7,9-11,14H2,1H3,(H,31,34). The molecule has 1 N–H and O–H groups in total. The lowest BCUT2D eigenvalue weighted by molar-refractivity contribution is -0.139. The number of ether oxygens (including phenoxy) is 2. The Morgan fingerprint density at radius 1 is 1.18 bits per heavy atom. The molecule has 38 heavy (non-hydrogen) atoms. The number of hydrogen-bond acceptors (Lipinski definition) is 6. The van der Waals surface area contributed by atoms with Gasteiger partial charge in [0, 0.05) is 35.8 Å². The monoisotopic (exact) mass is 544 g/mol. The second kappa shape index (κ2) is 10.5. The number of nitrogens with one attached hydrogen (secondary N) is 1. The average Bonchev–Trinajstić information content (AvgIpc) is 3.52. The minimum atomic E-state index is -4.67. The number of fused-ring (bicyclic) bond motifs is 2. The molecule has 0 bridgehead atoms. The van der Waals surface area contributed by atoms with Crippen LogP contribution in [0.2, 0.25) is 0 Å². The highest BCUT2D eigenvalue weighted by molar-refractivity contribution is 7.10. The third kappa shape index (κ3) is 5.09. The van der Waals surface area contributed by atoms with Gasteiger partial charge in [-0.15, -0.1) is 11.3 Å². The van der Waals surface area contributed by atoms with Gasteiger partial charge in [-0.25, -0.2) is 4.98 Å². The number of rotatable bonds is 7. The van der Waals surface area contributed by atoms with Crippen LogP contribution >= 0.6 is 11.3 Å². The van der Waals surface area contributed by atoms with Gasteiger partial charge in [-0.3, -0.25) is 14.0 Å². The van der Waals surface area contributed by atoms with Crippen LogP contribution in [-0.2, 0) is 23.9 Å². The van der Waals surface area contributed by atoms with Crippen molar-refractivity contribution >= 4 is 34.5 Å². The van der Waals surface area contributed by atoms with Crippen molar-refractivity contribution in [2.75, 3.05) is 32.2 Å². The van der Waals surface area contributed by atoms with Crippen LogP contribution in [0, 0.1) is 0 Å². The van der Waals surface area contributed by atoms with Crippen LogP contribution in [0.5, 0.6) is 5.75 Å². The van der Waals surface area contributed by atoms with Gasteiger partial charge in [-0.05, 0) is 42.3 Å². The van der Waals surface area contributed by atoms with Crippen molar-refractivity contribution in [2.45, 2.75) is 19.1 Å². The smallest absolute Gasteiger partial charge is 0.420 e. The number of thiophene rings is 1. The summed E-state index contributed by atoms with van der Waals surface area (Å²) in [6, 6.07) is 8.88. The second-order valence-corrected chi connectivity index (χ2v) is 9.57. The summed E-state index contributed by atoms with van der Waals surface area (Å²) in [5.74, 6) is -1.01. The highest BCUT2D eigenvalue weighted by Crippen LogP contribution is 2.38. The number of pyridine rings is 1. The zero-order valence-corrected chi connectivity index (χ0v) is 21.1. The Morgan fingerprint density at radius 3 is 2.82 bits per heavy atom. The molecule has 1 aliphatic rings. The second-order valence-electron chi connectivity index (χ2n) is 8.60. The number of benzene rings is 1. The Hall–Kier alpha value is -3.90. The fraction of sp³-hybridized carbons (Fsp3) is 0.269. The maximum atomic E-state index is 13.6. The number of carbonyl (C=O) groups excluding carboxylic acids is 2. The zero-order valence-electron chi connectivity index (χ0n) is 20.2. The van der Waals surface area contributed by atoms with Crippen LogP contribution in [0.4, 0.5) is 18.9 Å². The molecule has 2 amide bonds. The first-order valence-electron chi connectivity index (χ1n) is 11.7. The summed E-state index contributed by atoms with van der Waals surface area (Å²) in [5, 5.41) is 4.25. The van der Waals surface area contributed by atoms with Gasteiger partial charge in [-0.1, -0.05) is 6.07 Å². The number of carbonyl (C=O) groups is 2. The number of halogens is 3. The van der Waals surface area contributed by atoms with Gasteiger partial charge in [0.15, 0.2) is 0 Å². The number of nitrogens with zero attached hydrogens (tertiary/aromatic N) is 3. The predicted octanol–water partition coefficient (Wildman–Crippen LogP) is 4.89. The molecule has 0 atom stereocenters. The van der Waals surface area contributed by atoms with E-state index >= 15 is 0 Å². The Kier molecular flexibility index (Phi) is 7.09. The van der Waals surface area contributed by atoms with E-state index in [1.165, 1.54) is 30.6 Å². The van der Waals surface area contributed by atoms with Crippen LogP contribution < -0.4 is 10.1 Å². The van der Waals surface area contributed by atoms with Gasteiger partial charge < -0.3 is 19.7 Å². The zero-order chi connectivity index (χ0) is 26.9. The molecular weight excluding hydrogens is 521 g/mol. The largest absolute Gasteiger partial charge is 0.491 e. The summed E-state index contributed by atoms with van der Waals surface area (Å²) in [7, 11) is 1.42. The van der Waals surface area contributed by atoms with Crippen molar-refractivity contribution in [3.05, 3.63) is 81.4 Å². The summed E-state index contributed by atoms with van der Waals surface area (Å²) in [6.07, 6.45) is -0.893. The first-order chi connectivity index (χ1) is 18.3. The van der Waals surface area contributed by atoms with E-state index in [0.717, 1.165) is 16.5 Å². The number of amides is 2. The Balaban J connectivity index is 1.31. The molecule has 1 aliphatic heterocycles. The molecule has 0 aliphatic carbocycles. The maximum Gasteiger partial charge on any atom is 0.420 e. The minimum absolute atomic E-state index is 0.00147. The SMILES string of the molecule is COCCOc1ccc(NC(=O)c2csc3c2CCN(C(=O)c2cnc4ccccn24)C3)cc1C(F)(F)F. The van der Waals surface area contributed by atoms with E-state index in [4.69, 9.17) is 9.47 Å². The minimum Gasteiger partial charge on any atom is -0.491 e. The Labute approximate surface area is 219 Å². The van der Waals surface area contributed by atoms with Gasteiger partial charge in [0.1, 0.15) is 23.7 Å². The fourth-order valence-corrected chi connectivity index (χ4v) is 5.43. The highest BCUT2D eigenvalue weighted by Gasteiger charge is 2.35. The van der Waals surface area contributed by atoms with Gasteiger partial charge in [-0.2, -0.15) is 13.2 Å². The predicted molar refractivity (Wildman–Crippen MR) is 135 cm³/mol. The fourth-order valence-electron chi connectivity index (χ4n) is 4.33. The number of anilines is 1. The molecule has 0 radical (unpaired) electrons. The van der Waals surface area contributed by atoms with Crippen LogP contribution in [0.3, 0.4) is 0 Å². The maximum absolute atomic E-state index is 13.6. The van der Waals surface area contributed by atoms with Crippen molar-refractivity contribution in [3.63, 3.8) is 0 Å². The lowest BCUT2D eigenvalue weighted by Gasteiger charge is -2.27. The van der Waals surface area contributed by atoms with Crippen molar-refractivity contribution < 1.29 is 32.2 Å². The summed E-state index contributed by atoms with van der Waals surface area (Å²) < 4.78 is 52.6. The molecule has 0 spiro atoms. The van der Waals surface area contributed by atoms with E-state index in [1.807, 2.05) is 18.2 Å². The molecule has 8 nitrogen and oxygen atoms in total. The van der Waals surface area contributed by atoms with E-state index in [0.29, 0.717) is 36.4 Å². The van der Waals surface area contributed by atoms with Gasteiger partial charge in [0.05, 0.1) is 30.5 Å². The lowest BCUT2D eigenvalue weighted by atomic mass is 10.0. The highest BCUT2D eigenvalue weighted by atomic mass is 32.1. The average molecular weight is 545 g/mol. The molecule has 0 saturated carbocycles. The quantitative estimate of drug-likeness (QED) is 0.335. The van der Waals surface area contributed by atoms with Gasteiger partial charge >= 0.3 is 6.18 Å². The number of aromatic nitrogens is 2. The molecule has 0 saturated heterocycles. The van der Waals surface area contributed by atoms with Crippen molar-refractivity contribution in [3.8, 4) is 5.75 Å².